The number of carbonyl (C=O) groups excluding carboxylic acids is 2. The van der Waals surface area contributed by atoms with E-state index in [1.54, 1.807) is 30.5 Å². The minimum atomic E-state index is -1.05. The molecule has 0 saturated carbocycles. The Morgan fingerprint density at radius 3 is 2.26 bits per heavy atom. The Balaban J connectivity index is 1.91. The third-order valence-corrected chi connectivity index (χ3v) is 7.35. The second-order valence-corrected chi connectivity index (χ2v) is 10.2. The van der Waals surface area contributed by atoms with E-state index in [9.17, 15) is 19.5 Å². The van der Waals surface area contributed by atoms with Crippen molar-refractivity contribution >= 4 is 34.8 Å². The summed E-state index contributed by atoms with van der Waals surface area (Å²) in [5, 5.41) is 19.3. The number of alkyl carbamates (subject to hydrolysis) is 2. The maximum Gasteiger partial charge on any atom is 0.407 e. The number of hydrogen-bond acceptors (Lipinski definition) is 9. The van der Waals surface area contributed by atoms with Gasteiger partial charge in [-0.3, -0.25) is 5.32 Å². The number of nitrogens with one attached hydrogen (secondary N) is 3. The molecule has 0 bridgehead atoms. The third-order valence-electron chi connectivity index (χ3n) is 7.35. The van der Waals surface area contributed by atoms with Crippen molar-refractivity contribution < 1.29 is 38.1 Å². The summed E-state index contributed by atoms with van der Waals surface area (Å²) < 4.78 is 24.5. The molecule has 2 aliphatic rings. The molecule has 1 aliphatic carbocycles. The first-order valence-electron chi connectivity index (χ1n) is 15.0. The number of ether oxygens (including phenoxy) is 3. The van der Waals surface area contributed by atoms with E-state index in [-0.39, 0.29) is 18.8 Å². The molecule has 0 atom stereocenters. The molecule has 0 spiro atoms. The molecule has 0 radical (unpaired) electrons. The third kappa shape index (κ3) is 8.66. The number of rotatable bonds is 15. The van der Waals surface area contributed by atoms with Crippen LogP contribution in [0.25, 0.3) is 33.4 Å². The molecule has 2 amide bonds. The molecule has 1 aliphatic heterocycles. The molecule has 13 nitrogen and oxygen atoms in total. The van der Waals surface area contributed by atoms with Gasteiger partial charge in [-0.1, -0.05) is 24.8 Å². The van der Waals surface area contributed by atoms with Crippen molar-refractivity contribution in [3.63, 3.8) is 0 Å². The van der Waals surface area contributed by atoms with Crippen LogP contribution in [0.5, 0.6) is 0 Å². The van der Waals surface area contributed by atoms with E-state index >= 15 is 0 Å². The van der Waals surface area contributed by atoms with E-state index in [4.69, 9.17) is 18.6 Å². The zero-order valence-electron chi connectivity index (χ0n) is 26.7. The fraction of sp³-hybridized carbons (Fsp3) is 0.294. The first-order chi connectivity index (χ1) is 22.8. The quantitative estimate of drug-likeness (QED) is 0.0653. The number of aromatic carboxylic acids is 1. The van der Waals surface area contributed by atoms with E-state index in [0.29, 0.717) is 66.4 Å². The summed E-state index contributed by atoms with van der Waals surface area (Å²) in [6.07, 6.45) is 0.584. The highest BCUT2D eigenvalue weighted by Crippen LogP contribution is 2.42. The highest BCUT2D eigenvalue weighted by molar-refractivity contribution is 6.07. The van der Waals surface area contributed by atoms with E-state index in [1.807, 2.05) is 52.9 Å². The SMILES string of the molecule is C=CN(CCOCNC)c1ccc2c(-c3ccccc3C(=O)O)c3ccc(=[N+](CCOC(=O)NC)CCOC(=O)NC)cc-3oc2c1. The number of anilines is 1. The van der Waals surface area contributed by atoms with Gasteiger partial charge in [0, 0.05) is 55.0 Å². The lowest BCUT2D eigenvalue weighted by molar-refractivity contribution is 0.0697. The second kappa shape index (κ2) is 16.8. The van der Waals surface area contributed by atoms with Crippen LogP contribution in [0.1, 0.15) is 10.4 Å². The molecule has 13 heteroatoms. The van der Waals surface area contributed by atoms with E-state index in [2.05, 4.69) is 22.5 Å². The lowest BCUT2D eigenvalue weighted by atomic mass is 9.90. The van der Waals surface area contributed by atoms with Gasteiger partial charge in [-0.25, -0.2) is 19.0 Å². The van der Waals surface area contributed by atoms with Gasteiger partial charge in [0.2, 0.25) is 5.36 Å². The van der Waals surface area contributed by atoms with Crippen molar-refractivity contribution in [3.8, 4) is 22.5 Å². The van der Waals surface area contributed by atoms with Gasteiger partial charge in [-0.15, -0.1) is 0 Å². The van der Waals surface area contributed by atoms with Gasteiger partial charge in [0.15, 0.2) is 26.3 Å². The average molecular weight is 647 g/mol. The fourth-order valence-corrected chi connectivity index (χ4v) is 5.10. The number of nitrogens with zero attached hydrogens (tertiary/aromatic N) is 2. The molecule has 1 heterocycles. The van der Waals surface area contributed by atoms with Crippen molar-refractivity contribution in [2.45, 2.75) is 0 Å². The molecule has 248 valence electrons. The number of benzene rings is 3. The normalized spacial score (nSPS) is 10.8. The zero-order chi connectivity index (χ0) is 33.8. The van der Waals surface area contributed by atoms with Crippen molar-refractivity contribution in [1.29, 1.82) is 0 Å². The Morgan fingerprint density at radius 1 is 0.915 bits per heavy atom. The standard InChI is InChI=1S/C34H39N5O8/c1-5-38(14-17-44-22-35-2)23-10-12-27-29(20-23)47-30-21-24(39(15-18-45-33(42)36-3)16-19-46-34(43)37-4)11-13-28(30)31(27)25-8-6-7-9-26(25)32(40)41/h5-13,20-21,35H,1,14-19,22H2,2-4H3,(H2-,36,37,40,41,42,43)/p+1. The minimum absolute atomic E-state index is 0.0720. The van der Waals surface area contributed by atoms with Crippen LogP contribution in [-0.2, 0) is 14.2 Å². The zero-order valence-corrected chi connectivity index (χ0v) is 26.7. The fourth-order valence-electron chi connectivity index (χ4n) is 5.10. The number of carboxylic acids is 1. The molecule has 2 aromatic rings. The first-order valence-corrected chi connectivity index (χ1v) is 15.0. The lowest BCUT2D eigenvalue weighted by Gasteiger charge is -2.22. The van der Waals surface area contributed by atoms with E-state index in [1.165, 1.54) is 14.1 Å². The van der Waals surface area contributed by atoms with Crippen LogP contribution in [0.15, 0.2) is 77.9 Å². The number of carboxylic acid groups (broad SMARTS) is 1. The Labute approximate surface area is 272 Å². The monoisotopic (exact) mass is 646 g/mol. The Bertz CT molecular complexity index is 1750. The topological polar surface area (TPSA) is 155 Å². The summed E-state index contributed by atoms with van der Waals surface area (Å²) >= 11 is 0. The summed E-state index contributed by atoms with van der Waals surface area (Å²) in [7, 11) is 4.76. The van der Waals surface area contributed by atoms with Crippen molar-refractivity contribution in [2.75, 3.05) is 72.2 Å². The Morgan fingerprint density at radius 2 is 1.62 bits per heavy atom. The van der Waals surface area contributed by atoms with E-state index < -0.39 is 18.2 Å². The molecule has 4 rings (SSSR count). The summed E-state index contributed by atoms with van der Waals surface area (Å²) in [6, 6.07) is 18.2. The van der Waals surface area contributed by atoms with Crippen LogP contribution in [0.3, 0.4) is 0 Å². The summed E-state index contributed by atoms with van der Waals surface area (Å²) in [4.78, 5) is 37.7. The van der Waals surface area contributed by atoms with Gasteiger partial charge in [0.1, 0.15) is 11.3 Å². The molecule has 0 unspecified atom stereocenters. The van der Waals surface area contributed by atoms with Crippen LogP contribution >= 0.6 is 0 Å². The molecular weight excluding hydrogens is 606 g/mol. The molecule has 4 N–H and O–H groups in total. The van der Waals surface area contributed by atoms with E-state index in [0.717, 1.165) is 11.1 Å². The summed E-state index contributed by atoms with van der Waals surface area (Å²) in [6.45, 7) is 6.13. The number of fused-ring (bicyclic) bond motifs is 2. The molecule has 47 heavy (non-hydrogen) atoms. The Hall–Kier alpha value is -5.40. The number of hydrogen-bond donors (Lipinski definition) is 4. The van der Waals surface area contributed by atoms with Gasteiger partial charge >= 0.3 is 18.2 Å². The average Bonchev–Trinajstić information content (AvgIpc) is 3.09. The van der Waals surface area contributed by atoms with Gasteiger partial charge in [-0.05, 0) is 43.1 Å². The molecule has 0 saturated heterocycles. The predicted octanol–water partition coefficient (Wildman–Crippen LogP) is 3.53. The first kappa shape index (κ1) is 34.5. The number of carbonyl (C=O) groups is 3. The predicted molar refractivity (Wildman–Crippen MR) is 178 cm³/mol. The van der Waals surface area contributed by atoms with Gasteiger partial charge in [-0.2, -0.15) is 0 Å². The highest BCUT2D eigenvalue weighted by atomic mass is 16.6. The van der Waals surface area contributed by atoms with Gasteiger partial charge < -0.3 is 39.3 Å². The maximum atomic E-state index is 12.3. The van der Waals surface area contributed by atoms with Crippen LogP contribution < -0.4 is 30.8 Å². The van der Waals surface area contributed by atoms with Crippen molar-refractivity contribution in [2.24, 2.45) is 0 Å². The van der Waals surface area contributed by atoms with Crippen LogP contribution in [-0.4, -0.2) is 90.6 Å². The van der Waals surface area contributed by atoms with Gasteiger partial charge in [0.25, 0.3) is 0 Å². The van der Waals surface area contributed by atoms with Crippen molar-refractivity contribution in [1.82, 2.24) is 20.5 Å². The summed E-state index contributed by atoms with van der Waals surface area (Å²) in [5.41, 5.74) is 3.45. The number of amides is 2. The minimum Gasteiger partial charge on any atom is -0.478 e. The smallest absolute Gasteiger partial charge is 0.407 e. The molecule has 0 aromatic heterocycles. The highest BCUT2D eigenvalue weighted by Gasteiger charge is 2.23. The second-order valence-electron chi connectivity index (χ2n) is 10.2. The van der Waals surface area contributed by atoms with Crippen LogP contribution in [0.4, 0.5) is 15.3 Å². The van der Waals surface area contributed by atoms with Crippen LogP contribution in [0, 0.1) is 0 Å². The maximum absolute atomic E-state index is 12.3. The molecular formula is C34H40N5O8+. The summed E-state index contributed by atoms with van der Waals surface area (Å²) in [5.74, 6) is -0.553. The van der Waals surface area contributed by atoms with Gasteiger partial charge in [0.05, 0.1) is 25.0 Å². The lowest BCUT2D eigenvalue weighted by Crippen LogP contribution is -2.37. The molecule has 0 fully saturated rings. The Kier molecular flexibility index (Phi) is 12.3. The largest absolute Gasteiger partial charge is 0.478 e. The van der Waals surface area contributed by atoms with Crippen molar-refractivity contribution in [3.05, 3.63) is 84.4 Å². The molecule has 2 aromatic carbocycles. The van der Waals surface area contributed by atoms with Crippen LogP contribution in [0.2, 0.25) is 0 Å².